The molecule has 0 atom stereocenters. The van der Waals surface area contributed by atoms with Crippen LogP contribution in [0.4, 0.5) is 11.4 Å². The van der Waals surface area contributed by atoms with Gasteiger partial charge in [-0.15, -0.1) is 0 Å². The fraction of sp³-hybridized carbons (Fsp3) is 0.321. The Morgan fingerprint density at radius 2 is 1.54 bits per heavy atom. The average Bonchev–Trinajstić information content (AvgIpc) is 3.38. The van der Waals surface area contributed by atoms with Crippen molar-refractivity contribution in [1.82, 2.24) is 5.32 Å². The van der Waals surface area contributed by atoms with Crippen LogP contribution in [0.5, 0.6) is 0 Å². The first kappa shape index (κ1) is 24.8. The van der Waals surface area contributed by atoms with Crippen molar-refractivity contribution in [2.75, 3.05) is 28.6 Å². The van der Waals surface area contributed by atoms with Crippen molar-refractivity contribution >= 4 is 27.3 Å². The number of carbonyl (C=O) groups is 1. The predicted octanol–water partition coefficient (Wildman–Crippen LogP) is 4.80. The minimum atomic E-state index is -3.48. The first-order valence-corrected chi connectivity index (χ1v) is 13.8. The predicted molar refractivity (Wildman–Crippen MR) is 142 cm³/mol. The first-order valence-electron chi connectivity index (χ1n) is 12.0. The molecular weight excluding hydrogens is 458 g/mol. The summed E-state index contributed by atoms with van der Waals surface area (Å²) in [6.07, 6.45) is 3.71. The largest absolute Gasteiger partial charge is 0.372 e. The van der Waals surface area contributed by atoms with Crippen LogP contribution >= 0.6 is 0 Å². The fourth-order valence-corrected chi connectivity index (χ4v) is 5.32. The van der Waals surface area contributed by atoms with E-state index in [0.29, 0.717) is 17.8 Å². The van der Waals surface area contributed by atoms with Crippen molar-refractivity contribution in [2.45, 2.75) is 39.8 Å². The molecule has 0 aliphatic carbocycles. The fourth-order valence-electron chi connectivity index (χ4n) is 4.38. The highest BCUT2D eigenvalue weighted by Gasteiger charge is 2.20. The minimum absolute atomic E-state index is 0.158. The second kappa shape index (κ2) is 10.5. The molecule has 1 saturated heterocycles. The SMILES string of the molecule is Cc1ccc(C)c(N(Cc2ccc(C(=O)NCc3ccc(N4CCCC4)cc3)cc2)S(C)(=O)=O)c1. The van der Waals surface area contributed by atoms with E-state index in [9.17, 15) is 13.2 Å². The molecular formula is C28H33N3O3S. The Morgan fingerprint density at radius 3 is 2.17 bits per heavy atom. The molecule has 0 saturated carbocycles. The molecule has 6 nitrogen and oxygen atoms in total. The summed E-state index contributed by atoms with van der Waals surface area (Å²) >= 11 is 0. The van der Waals surface area contributed by atoms with Gasteiger partial charge in [0.25, 0.3) is 5.91 Å². The molecule has 0 aromatic heterocycles. The van der Waals surface area contributed by atoms with Crippen molar-refractivity contribution in [3.05, 3.63) is 94.5 Å². The third-order valence-electron chi connectivity index (χ3n) is 6.44. The summed E-state index contributed by atoms with van der Waals surface area (Å²) < 4.78 is 26.5. The molecule has 4 rings (SSSR count). The van der Waals surface area contributed by atoms with Crippen molar-refractivity contribution in [1.29, 1.82) is 0 Å². The Labute approximate surface area is 208 Å². The van der Waals surface area contributed by atoms with Gasteiger partial charge in [0.05, 0.1) is 18.5 Å². The van der Waals surface area contributed by atoms with Crippen LogP contribution in [-0.2, 0) is 23.1 Å². The second-order valence-corrected chi connectivity index (χ2v) is 11.2. The van der Waals surface area contributed by atoms with E-state index in [4.69, 9.17) is 0 Å². The number of amides is 1. The smallest absolute Gasteiger partial charge is 0.251 e. The maximum absolute atomic E-state index is 12.7. The number of sulfonamides is 1. The lowest BCUT2D eigenvalue weighted by molar-refractivity contribution is 0.0951. The van der Waals surface area contributed by atoms with E-state index in [1.807, 2.05) is 44.2 Å². The van der Waals surface area contributed by atoms with Gasteiger partial charge in [0.2, 0.25) is 10.0 Å². The molecule has 1 aliphatic heterocycles. The van der Waals surface area contributed by atoms with Crippen LogP contribution in [0.2, 0.25) is 0 Å². The van der Waals surface area contributed by atoms with Gasteiger partial charge < -0.3 is 10.2 Å². The molecule has 0 bridgehead atoms. The van der Waals surface area contributed by atoms with E-state index < -0.39 is 10.0 Å². The summed E-state index contributed by atoms with van der Waals surface area (Å²) in [7, 11) is -3.48. The number of hydrogen-bond donors (Lipinski definition) is 1. The van der Waals surface area contributed by atoms with E-state index in [2.05, 4.69) is 34.5 Å². The maximum Gasteiger partial charge on any atom is 0.251 e. The molecule has 3 aromatic carbocycles. The third kappa shape index (κ3) is 6.22. The number of carbonyl (C=O) groups excluding carboxylic acids is 1. The van der Waals surface area contributed by atoms with Gasteiger partial charge in [0.1, 0.15) is 0 Å². The number of aryl methyl sites for hydroxylation is 2. The summed E-state index contributed by atoms with van der Waals surface area (Å²) in [4.78, 5) is 15.0. The Morgan fingerprint density at radius 1 is 0.914 bits per heavy atom. The highest BCUT2D eigenvalue weighted by molar-refractivity contribution is 7.92. The summed E-state index contributed by atoms with van der Waals surface area (Å²) in [5.74, 6) is -0.158. The summed E-state index contributed by atoms with van der Waals surface area (Å²) in [6.45, 7) is 6.72. The van der Waals surface area contributed by atoms with Gasteiger partial charge in [0.15, 0.2) is 0 Å². The molecule has 3 aromatic rings. The van der Waals surface area contributed by atoms with Gasteiger partial charge in [-0.2, -0.15) is 0 Å². The van der Waals surface area contributed by atoms with Gasteiger partial charge in [0, 0.05) is 30.9 Å². The van der Waals surface area contributed by atoms with Gasteiger partial charge in [-0.3, -0.25) is 9.10 Å². The molecule has 1 amide bonds. The zero-order valence-electron chi connectivity index (χ0n) is 20.6. The second-order valence-electron chi connectivity index (χ2n) is 9.30. The van der Waals surface area contributed by atoms with E-state index in [1.54, 1.807) is 12.1 Å². The van der Waals surface area contributed by atoms with Crippen LogP contribution in [-0.4, -0.2) is 33.7 Å². The van der Waals surface area contributed by atoms with E-state index in [1.165, 1.54) is 29.1 Å². The highest BCUT2D eigenvalue weighted by atomic mass is 32.2. The van der Waals surface area contributed by atoms with Crippen molar-refractivity contribution in [3.8, 4) is 0 Å². The third-order valence-corrected chi connectivity index (χ3v) is 7.56. The van der Waals surface area contributed by atoms with Gasteiger partial charge in [-0.05, 0) is 79.3 Å². The number of rotatable bonds is 8. The zero-order chi connectivity index (χ0) is 25.0. The molecule has 0 unspecified atom stereocenters. The Balaban J connectivity index is 1.39. The van der Waals surface area contributed by atoms with E-state index in [-0.39, 0.29) is 12.5 Å². The number of hydrogen-bond acceptors (Lipinski definition) is 4. The molecule has 184 valence electrons. The van der Waals surface area contributed by atoms with Crippen molar-refractivity contribution < 1.29 is 13.2 Å². The first-order chi connectivity index (χ1) is 16.7. The van der Waals surface area contributed by atoms with Gasteiger partial charge in [-0.1, -0.05) is 36.4 Å². The maximum atomic E-state index is 12.7. The van der Waals surface area contributed by atoms with Crippen LogP contribution in [0, 0.1) is 13.8 Å². The molecule has 7 heteroatoms. The van der Waals surface area contributed by atoms with Crippen LogP contribution in [0.3, 0.4) is 0 Å². The summed E-state index contributed by atoms with van der Waals surface area (Å²) in [5, 5.41) is 2.97. The zero-order valence-corrected chi connectivity index (χ0v) is 21.4. The molecule has 1 fully saturated rings. The quantitative estimate of drug-likeness (QED) is 0.491. The lowest BCUT2D eigenvalue weighted by Crippen LogP contribution is -2.30. The Kier molecular flexibility index (Phi) is 7.45. The molecule has 1 heterocycles. The summed E-state index contributed by atoms with van der Waals surface area (Å²) in [6, 6.07) is 21.2. The number of anilines is 2. The number of nitrogens with one attached hydrogen (secondary N) is 1. The summed E-state index contributed by atoms with van der Waals surface area (Å²) in [5.41, 5.74) is 6.20. The average molecular weight is 492 g/mol. The van der Waals surface area contributed by atoms with Crippen LogP contribution in [0.1, 0.15) is 45.5 Å². The molecule has 0 radical (unpaired) electrons. The molecule has 35 heavy (non-hydrogen) atoms. The standard InChI is InChI=1S/C28H33N3O3S/c1-21-6-7-22(2)27(18-21)31(35(3,33)34)20-24-8-12-25(13-9-24)28(32)29-19-23-10-14-26(15-11-23)30-16-4-5-17-30/h6-15,18H,4-5,16-17,19-20H2,1-3H3,(H,29,32). The lowest BCUT2D eigenvalue weighted by Gasteiger charge is -2.25. The molecule has 0 spiro atoms. The van der Waals surface area contributed by atoms with E-state index >= 15 is 0 Å². The van der Waals surface area contributed by atoms with Crippen LogP contribution in [0.25, 0.3) is 0 Å². The molecule has 1 aliphatic rings. The monoisotopic (exact) mass is 491 g/mol. The molecule has 1 N–H and O–H groups in total. The van der Waals surface area contributed by atoms with Gasteiger partial charge in [-0.25, -0.2) is 8.42 Å². The normalized spacial score (nSPS) is 13.6. The number of nitrogens with zero attached hydrogens (tertiary/aromatic N) is 2. The van der Waals surface area contributed by atoms with Crippen LogP contribution in [0.15, 0.2) is 66.7 Å². The van der Waals surface area contributed by atoms with Crippen LogP contribution < -0.4 is 14.5 Å². The topological polar surface area (TPSA) is 69.7 Å². The van der Waals surface area contributed by atoms with Gasteiger partial charge >= 0.3 is 0 Å². The minimum Gasteiger partial charge on any atom is -0.372 e. The number of benzene rings is 3. The Hall–Kier alpha value is -3.32. The van der Waals surface area contributed by atoms with E-state index in [0.717, 1.165) is 35.3 Å². The highest BCUT2D eigenvalue weighted by Crippen LogP contribution is 2.26. The van der Waals surface area contributed by atoms with Crippen molar-refractivity contribution in [2.24, 2.45) is 0 Å². The lowest BCUT2D eigenvalue weighted by atomic mass is 10.1. The Bertz CT molecular complexity index is 1280. The van der Waals surface area contributed by atoms with Crippen molar-refractivity contribution in [3.63, 3.8) is 0 Å².